The summed E-state index contributed by atoms with van der Waals surface area (Å²) in [6.45, 7) is 0. The topological polar surface area (TPSA) is 32.6 Å². The molecule has 2 aliphatic carbocycles. The van der Waals surface area contributed by atoms with Crippen molar-refractivity contribution in [3.8, 4) is 0 Å². The van der Waals surface area contributed by atoms with Crippen molar-refractivity contribution in [1.29, 1.82) is 0 Å². The third-order valence-electron chi connectivity index (χ3n) is 3.11. The molecular formula is C8H11NOS2. The second-order valence-electron chi connectivity index (χ2n) is 3.72. The van der Waals surface area contributed by atoms with E-state index in [1.165, 1.54) is 17.9 Å². The molecule has 0 radical (unpaired) electrons. The molecule has 0 aromatic heterocycles. The summed E-state index contributed by atoms with van der Waals surface area (Å²) in [6, 6.07) is 0. The lowest BCUT2D eigenvalue weighted by molar-refractivity contribution is 0.316. The van der Waals surface area contributed by atoms with E-state index in [1.807, 2.05) is 23.5 Å². The molecule has 1 saturated heterocycles. The summed E-state index contributed by atoms with van der Waals surface area (Å²) in [4.78, 5) is 0. The van der Waals surface area contributed by atoms with Gasteiger partial charge in [0, 0.05) is 11.5 Å². The highest BCUT2D eigenvalue weighted by molar-refractivity contribution is 8.22. The summed E-state index contributed by atoms with van der Waals surface area (Å²) in [5, 5.41) is 12.4. The minimum absolute atomic E-state index is 0.222. The molecule has 1 aliphatic heterocycles. The first-order chi connectivity index (χ1) is 5.87. The number of thioether (sulfide) groups is 2. The molecule has 2 nitrogen and oxygen atoms in total. The van der Waals surface area contributed by atoms with Crippen LogP contribution in [0.15, 0.2) is 5.16 Å². The lowest BCUT2D eigenvalue weighted by Gasteiger charge is -2.23. The first-order valence-corrected chi connectivity index (χ1v) is 6.33. The zero-order chi connectivity index (χ0) is 8.18. The fourth-order valence-corrected chi connectivity index (χ4v) is 6.16. The van der Waals surface area contributed by atoms with Gasteiger partial charge in [-0.3, -0.25) is 0 Å². The van der Waals surface area contributed by atoms with Crippen LogP contribution in [-0.4, -0.2) is 26.5 Å². The van der Waals surface area contributed by atoms with Crippen molar-refractivity contribution in [3.05, 3.63) is 0 Å². The van der Waals surface area contributed by atoms with Crippen molar-refractivity contribution in [3.63, 3.8) is 0 Å². The molecule has 3 aliphatic rings. The number of rotatable bonds is 0. The van der Waals surface area contributed by atoms with Gasteiger partial charge in [0.2, 0.25) is 0 Å². The van der Waals surface area contributed by atoms with E-state index >= 15 is 0 Å². The number of hydrogen-bond acceptors (Lipinski definition) is 4. The average Bonchev–Trinajstić information content (AvgIpc) is 2.60. The van der Waals surface area contributed by atoms with E-state index in [1.54, 1.807) is 0 Å². The molecule has 4 heteroatoms. The Kier molecular flexibility index (Phi) is 1.48. The minimum Gasteiger partial charge on any atom is -0.411 e. The van der Waals surface area contributed by atoms with E-state index in [4.69, 9.17) is 5.21 Å². The number of oxime groups is 1. The van der Waals surface area contributed by atoms with Crippen molar-refractivity contribution in [1.82, 2.24) is 0 Å². The molecule has 2 saturated carbocycles. The summed E-state index contributed by atoms with van der Waals surface area (Å²) in [5.41, 5.74) is 1.07. The first-order valence-electron chi connectivity index (χ1n) is 4.36. The Morgan fingerprint density at radius 3 is 2.83 bits per heavy atom. The lowest BCUT2D eigenvalue weighted by atomic mass is 10.2. The van der Waals surface area contributed by atoms with Gasteiger partial charge in [0.15, 0.2) is 0 Å². The molecule has 1 N–H and O–H groups in total. The SMILES string of the molecule is O/N=C1/C[C@H]2C[C@H]2C12SCCS2. The average molecular weight is 201 g/mol. The number of nitrogens with zero attached hydrogens (tertiary/aromatic N) is 1. The standard InChI is InChI=1S/C8H11NOS2/c10-9-7-4-5-3-6(5)8(7)11-1-2-12-8/h5-6,10H,1-4H2/b9-7-/t5-,6-/m1/s1. The maximum absolute atomic E-state index is 8.89. The zero-order valence-electron chi connectivity index (χ0n) is 6.69. The maximum atomic E-state index is 8.89. The van der Waals surface area contributed by atoms with E-state index in [0.717, 1.165) is 24.0 Å². The van der Waals surface area contributed by atoms with Crippen molar-refractivity contribution < 1.29 is 5.21 Å². The Hall–Kier alpha value is 0.170. The van der Waals surface area contributed by atoms with Crippen LogP contribution >= 0.6 is 23.5 Å². The molecular weight excluding hydrogens is 190 g/mol. The Morgan fingerprint density at radius 1 is 1.42 bits per heavy atom. The molecule has 2 atom stereocenters. The van der Waals surface area contributed by atoms with Crippen LogP contribution in [0.1, 0.15) is 12.8 Å². The second-order valence-corrected chi connectivity index (χ2v) is 6.66. The van der Waals surface area contributed by atoms with Gasteiger partial charge in [-0.25, -0.2) is 0 Å². The van der Waals surface area contributed by atoms with Gasteiger partial charge >= 0.3 is 0 Å². The molecule has 0 unspecified atom stereocenters. The highest BCUT2D eigenvalue weighted by Gasteiger charge is 2.64. The van der Waals surface area contributed by atoms with Gasteiger partial charge in [-0.05, 0) is 24.7 Å². The molecule has 1 spiro atoms. The molecule has 0 aromatic rings. The van der Waals surface area contributed by atoms with Crippen LogP contribution in [0.5, 0.6) is 0 Å². The van der Waals surface area contributed by atoms with Crippen molar-refractivity contribution in [2.75, 3.05) is 11.5 Å². The lowest BCUT2D eigenvalue weighted by Crippen LogP contribution is -2.27. The smallest absolute Gasteiger partial charge is 0.106 e. The first kappa shape index (κ1) is 7.56. The number of hydrogen-bond donors (Lipinski definition) is 1. The zero-order valence-corrected chi connectivity index (χ0v) is 8.33. The van der Waals surface area contributed by atoms with Gasteiger partial charge < -0.3 is 5.21 Å². The predicted molar refractivity (Wildman–Crippen MR) is 53.1 cm³/mol. The van der Waals surface area contributed by atoms with E-state index in [-0.39, 0.29) is 4.08 Å². The normalized spacial score (nSPS) is 45.5. The van der Waals surface area contributed by atoms with Crippen LogP contribution in [0.25, 0.3) is 0 Å². The molecule has 0 bridgehead atoms. The highest BCUT2D eigenvalue weighted by atomic mass is 32.2. The summed E-state index contributed by atoms with van der Waals surface area (Å²) in [7, 11) is 0. The van der Waals surface area contributed by atoms with Gasteiger partial charge in [0.05, 0.1) is 5.71 Å². The predicted octanol–water partition coefficient (Wildman–Crippen LogP) is 2.03. The Bertz CT molecular complexity index is 247. The molecule has 3 fully saturated rings. The quantitative estimate of drug-likeness (QED) is 0.481. The summed E-state index contributed by atoms with van der Waals surface area (Å²) < 4.78 is 0.222. The van der Waals surface area contributed by atoms with Crippen LogP contribution < -0.4 is 0 Å². The van der Waals surface area contributed by atoms with E-state index < -0.39 is 0 Å². The van der Waals surface area contributed by atoms with Crippen LogP contribution in [0.3, 0.4) is 0 Å². The molecule has 1 heterocycles. The van der Waals surface area contributed by atoms with Crippen LogP contribution in [0.4, 0.5) is 0 Å². The second kappa shape index (κ2) is 2.35. The van der Waals surface area contributed by atoms with Crippen molar-refractivity contribution in [2.24, 2.45) is 17.0 Å². The molecule has 0 aromatic carbocycles. The maximum Gasteiger partial charge on any atom is 0.106 e. The largest absolute Gasteiger partial charge is 0.411 e. The molecule has 3 rings (SSSR count). The van der Waals surface area contributed by atoms with Crippen LogP contribution in [0, 0.1) is 11.8 Å². The fraction of sp³-hybridized carbons (Fsp3) is 0.875. The van der Waals surface area contributed by atoms with Gasteiger partial charge in [0.25, 0.3) is 0 Å². The summed E-state index contributed by atoms with van der Waals surface area (Å²) in [6.07, 6.45) is 2.43. The van der Waals surface area contributed by atoms with E-state index in [0.29, 0.717) is 0 Å². The van der Waals surface area contributed by atoms with E-state index in [9.17, 15) is 0 Å². The van der Waals surface area contributed by atoms with Crippen molar-refractivity contribution >= 4 is 29.2 Å². The summed E-state index contributed by atoms with van der Waals surface area (Å²) in [5.74, 6) is 4.15. The Balaban J connectivity index is 1.98. The Morgan fingerprint density at radius 2 is 2.17 bits per heavy atom. The van der Waals surface area contributed by atoms with Crippen LogP contribution in [-0.2, 0) is 0 Å². The van der Waals surface area contributed by atoms with Gasteiger partial charge in [0.1, 0.15) is 4.08 Å². The minimum atomic E-state index is 0.222. The summed E-state index contributed by atoms with van der Waals surface area (Å²) >= 11 is 4.01. The third-order valence-corrected chi connectivity index (χ3v) is 6.82. The van der Waals surface area contributed by atoms with Gasteiger partial charge in [-0.2, -0.15) is 0 Å². The van der Waals surface area contributed by atoms with Crippen molar-refractivity contribution in [2.45, 2.75) is 16.9 Å². The molecule has 12 heavy (non-hydrogen) atoms. The van der Waals surface area contributed by atoms with Gasteiger partial charge in [-0.15, -0.1) is 23.5 Å². The van der Waals surface area contributed by atoms with E-state index in [2.05, 4.69) is 5.16 Å². The molecule has 0 amide bonds. The third kappa shape index (κ3) is 0.777. The van der Waals surface area contributed by atoms with Crippen LogP contribution in [0.2, 0.25) is 0 Å². The fourth-order valence-electron chi connectivity index (χ4n) is 2.46. The number of fused-ring (bicyclic) bond motifs is 2. The monoisotopic (exact) mass is 201 g/mol. The molecule has 66 valence electrons. The van der Waals surface area contributed by atoms with Gasteiger partial charge in [-0.1, -0.05) is 5.16 Å². The highest BCUT2D eigenvalue weighted by Crippen LogP contribution is 2.67. The Labute approximate surface area is 80.2 Å².